The van der Waals surface area contributed by atoms with Crippen molar-refractivity contribution in [2.75, 3.05) is 7.11 Å². The summed E-state index contributed by atoms with van der Waals surface area (Å²) < 4.78 is 5.08. The number of nitrogens with one attached hydrogen (secondary N) is 1. The van der Waals surface area contributed by atoms with Crippen molar-refractivity contribution >= 4 is 16.9 Å². The van der Waals surface area contributed by atoms with Gasteiger partial charge in [0.2, 0.25) is 0 Å². The number of benzene rings is 1. The van der Waals surface area contributed by atoms with Crippen LogP contribution >= 0.6 is 0 Å². The van der Waals surface area contributed by atoms with E-state index in [1.807, 2.05) is 6.07 Å². The maximum atomic E-state index is 11.0. The van der Waals surface area contributed by atoms with Gasteiger partial charge in [0.05, 0.1) is 29.1 Å². The van der Waals surface area contributed by atoms with Crippen LogP contribution in [-0.4, -0.2) is 23.2 Å². The lowest BCUT2D eigenvalue weighted by Gasteiger charge is -2.03. The second kappa shape index (κ2) is 3.59. The van der Waals surface area contributed by atoms with Crippen molar-refractivity contribution in [1.82, 2.24) is 4.98 Å². The molecule has 2 aromatic rings. The van der Waals surface area contributed by atoms with Crippen LogP contribution in [0.25, 0.3) is 10.9 Å². The average Bonchev–Trinajstić information content (AvgIpc) is 2.72. The molecule has 0 amide bonds. The van der Waals surface area contributed by atoms with E-state index in [1.165, 1.54) is 13.3 Å². The predicted molar refractivity (Wildman–Crippen MR) is 56.5 cm³/mol. The molecule has 0 spiro atoms. The fourth-order valence-electron chi connectivity index (χ4n) is 1.65. The minimum absolute atomic E-state index is 0.101. The fourth-order valence-corrected chi connectivity index (χ4v) is 1.65. The molecule has 0 unspecified atom stereocenters. The van der Waals surface area contributed by atoms with Gasteiger partial charge in [-0.05, 0) is 12.1 Å². The molecule has 0 aliphatic carbocycles. The summed E-state index contributed by atoms with van der Waals surface area (Å²) in [4.78, 5) is 13.8. The van der Waals surface area contributed by atoms with Crippen molar-refractivity contribution in [3.05, 3.63) is 29.5 Å². The number of rotatable bonds is 2. The molecule has 1 heterocycles. The summed E-state index contributed by atoms with van der Waals surface area (Å²) in [6.45, 7) is 0. The van der Waals surface area contributed by atoms with Crippen molar-refractivity contribution in [2.24, 2.45) is 0 Å². The molecule has 0 fully saturated rings. The van der Waals surface area contributed by atoms with E-state index < -0.39 is 5.97 Å². The van der Waals surface area contributed by atoms with Crippen LogP contribution in [0.5, 0.6) is 5.75 Å². The number of aromatic carboxylic acids is 1. The number of nitriles is 1. The minimum atomic E-state index is -1.06. The molecule has 5 heteroatoms. The Labute approximate surface area is 90.9 Å². The minimum Gasteiger partial charge on any atom is -0.496 e. The first-order valence-corrected chi connectivity index (χ1v) is 4.50. The van der Waals surface area contributed by atoms with Gasteiger partial charge in [-0.2, -0.15) is 5.26 Å². The number of hydrogen-bond donors (Lipinski definition) is 2. The van der Waals surface area contributed by atoms with E-state index in [0.29, 0.717) is 22.2 Å². The van der Waals surface area contributed by atoms with Crippen LogP contribution in [0.1, 0.15) is 15.9 Å². The number of aromatic nitrogens is 1. The number of carboxylic acids is 1. The van der Waals surface area contributed by atoms with Gasteiger partial charge in [0, 0.05) is 6.20 Å². The van der Waals surface area contributed by atoms with Gasteiger partial charge in [-0.3, -0.25) is 0 Å². The van der Waals surface area contributed by atoms with Crippen molar-refractivity contribution in [2.45, 2.75) is 0 Å². The van der Waals surface area contributed by atoms with Crippen LogP contribution in [0.15, 0.2) is 18.3 Å². The highest BCUT2D eigenvalue weighted by Gasteiger charge is 2.16. The number of hydrogen-bond acceptors (Lipinski definition) is 3. The molecule has 5 nitrogen and oxygen atoms in total. The number of carboxylic acid groups (broad SMARTS) is 1. The van der Waals surface area contributed by atoms with E-state index in [2.05, 4.69) is 4.98 Å². The summed E-state index contributed by atoms with van der Waals surface area (Å²) >= 11 is 0. The van der Waals surface area contributed by atoms with Crippen LogP contribution in [-0.2, 0) is 0 Å². The first kappa shape index (κ1) is 10.1. The molecule has 1 aromatic carbocycles. The third-order valence-electron chi connectivity index (χ3n) is 2.37. The van der Waals surface area contributed by atoms with E-state index in [1.54, 1.807) is 12.1 Å². The maximum Gasteiger partial charge on any atom is 0.338 e. The summed E-state index contributed by atoms with van der Waals surface area (Å²) in [5.41, 5.74) is 0.978. The zero-order valence-electron chi connectivity index (χ0n) is 8.44. The van der Waals surface area contributed by atoms with Crippen LogP contribution in [0.4, 0.5) is 0 Å². The topological polar surface area (TPSA) is 86.1 Å². The maximum absolute atomic E-state index is 11.0. The highest BCUT2D eigenvalue weighted by molar-refractivity contribution is 6.07. The second-order valence-electron chi connectivity index (χ2n) is 3.18. The third-order valence-corrected chi connectivity index (χ3v) is 2.37. The highest BCUT2D eigenvalue weighted by atomic mass is 16.5. The Bertz CT molecular complexity index is 607. The zero-order valence-corrected chi connectivity index (χ0v) is 8.44. The molecule has 0 aliphatic heterocycles. The Morgan fingerprint density at radius 2 is 2.31 bits per heavy atom. The van der Waals surface area contributed by atoms with Gasteiger partial charge in [-0.1, -0.05) is 0 Å². The van der Waals surface area contributed by atoms with Crippen molar-refractivity contribution in [1.29, 1.82) is 5.26 Å². The van der Waals surface area contributed by atoms with Gasteiger partial charge in [-0.15, -0.1) is 0 Å². The van der Waals surface area contributed by atoms with E-state index in [9.17, 15) is 4.79 Å². The van der Waals surface area contributed by atoms with Crippen LogP contribution in [0.2, 0.25) is 0 Å². The van der Waals surface area contributed by atoms with Gasteiger partial charge in [0.15, 0.2) is 0 Å². The molecule has 16 heavy (non-hydrogen) atoms. The van der Waals surface area contributed by atoms with E-state index in [-0.39, 0.29) is 5.56 Å². The van der Waals surface area contributed by atoms with Gasteiger partial charge in [-0.25, -0.2) is 4.79 Å². The van der Waals surface area contributed by atoms with Crippen molar-refractivity contribution < 1.29 is 14.6 Å². The molecule has 0 atom stereocenters. The lowest BCUT2D eigenvalue weighted by molar-refractivity contribution is 0.0699. The summed E-state index contributed by atoms with van der Waals surface area (Å²) in [5.74, 6) is -0.618. The number of aromatic amines is 1. The Balaban J connectivity index is 2.89. The summed E-state index contributed by atoms with van der Waals surface area (Å²) in [6.07, 6.45) is 1.36. The standard InChI is InChI=1S/C11H8N2O3/c1-16-8-3-2-6(4-12)10-9(8)7(5-13-10)11(14)15/h2-3,5,13H,1H3,(H,14,15). The number of ether oxygens (including phenoxy) is 1. The van der Waals surface area contributed by atoms with E-state index >= 15 is 0 Å². The molecule has 0 bridgehead atoms. The Kier molecular flexibility index (Phi) is 2.25. The number of H-pyrrole nitrogens is 1. The largest absolute Gasteiger partial charge is 0.496 e. The first-order chi connectivity index (χ1) is 7.69. The molecule has 0 saturated carbocycles. The SMILES string of the molecule is COc1ccc(C#N)c2[nH]cc(C(=O)O)c12. The zero-order chi connectivity index (χ0) is 11.7. The summed E-state index contributed by atoms with van der Waals surface area (Å²) in [6, 6.07) is 5.16. The normalized spacial score (nSPS) is 10.0. The van der Waals surface area contributed by atoms with E-state index in [0.717, 1.165) is 0 Å². The molecule has 0 saturated heterocycles. The molecule has 2 N–H and O–H groups in total. The summed E-state index contributed by atoms with van der Waals surface area (Å²) in [7, 11) is 1.46. The predicted octanol–water partition coefficient (Wildman–Crippen LogP) is 1.75. The van der Waals surface area contributed by atoms with Crippen molar-refractivity contribution in [3.8, 4) is 11.8 Å². The van der Waals surface area contributed by atoms with E-state index in [4.69, 9.17) is 15.1 Å². The monoisotopic (exact) mass is 216 g/mol. The number of nitrogens with zero attached hydrogens (tertiary/aromatic N) is 1. The highest BCUT2D eigenvalue weighted by Crippen LogP contribution is 2.30. The Morgan fingerprint density at radius 3 is 2.88 bits per heavy atom. The lowest BCUT2D eigenvalue weighted by atomic mass is 10.1. The van der Waals surface area contributed by atoms with Crippen LogP contribution in [0, 0.1) is 11.3 Å². The lowest BCUT2D eigenvalue weighted by Crippen LogP contribution is -1.95. The number of fused-ring (bicyclic) bond motifs is 1. The quantitative estimate of drug-likeness (QED) is 0.800. The molecular weight excluding hydrogens is 208 g/mol. The molecule has 0 aliphatic rings. The second-order valence-corrected chi connectivity index (χ2v) is 3.18. The third kappa shape index (κ3) is 1.28. The molecule has 80 valence electrons. The molecule has 0 radical (unpaired) electrons. The van der Waals surface area contributed by atoms with Gasteiger partial charge < -0.3 is 14.8 Å². The first-order valence-electron chi connectivity index (χ1n) is 4.50. The van der Waals surface area contributed by atoms with Gasteiger partial charge >= 0.3 is 5.97 Å². The Hall–Kier alpha value is -2.48. The molecule has 1 aromatic heterocycles. The fraction of sp³-hybridized carbons (Fsp3) is 0.0909. The average molecular weight is 216 g/mol. The van der Waals surface area contributed by atoms with Crippen LogP contribution < -0.4 is 4.74 Å². The number of carbonyl (C=O) groups is 1. The Morgan fingerprint density at radius 1 is 1.56 bits per heavy atom. The smallest absolute Gasteiger partial charge is 0.338 e. The van der Waals surface area contributed by atoms with Crippen LogP contribution in [0.3, 0.4) is 0 Å². The summed E-state index contributed by atoms with van der Waals surface area (Å²) in [5, 5.41) is 18.3. The number of methoxy groups -OCH3 is 1. The van der Waals surface area contributed by atoms with Gasteiger partial charge in [0.1, 0.15) is 11.8 Å². The molecule has 2 rings (SSSR count). The van der Waals surface area contributed by atoms with Gasteiger partial charge in [0.25, 0.3) is 0 Å². The molecular formula is C11H8N2O3. The van der Waals surface area contributed by atoms with Crippen molar-refractivity contribution in [3.63, 3.8) is 0 Å².